The molecule has 0 saturated carbocycles. The van der Waals surface area contributed by atoms with E-state index >= 15 is 0 Å². The molecule has 0 unspecified atom stereocenters. The highest BCUT2D eigenvalue weighted by atomic mass is 32.1. The average Bonchev–Trinajstić information content (AvgIpc) is 3.23. The van der Waals surface area contributed by atoms with Gasteiger partial charge in [-0.1, -0.05) is 12.1 Å². The third kappa shape index (κ3) is 2.85. The van der Waals surface area contributed by atoms with Gasteiger partial charge in [-0.3, -0.25) is 15.1 Å². The predicted octanol–water partition coefficient (Wildman–Crippen LogP) is 3.34. The van der Waals surface area contributed by atoms with Crippen LogP contribution in [0.3, 0.4) is 0 Å². The number of benzene rings is 1. The van der Waals surface area contributed by atoms with Gasteiger partial charge in [0, 0.05) is 23.3 Å². The van der Waals surface area contributed by atoms with Crippen LogP contribution in [0.25, 0.3) is 11.3 Å². The van der Waals surface area contributed by atoms with E-state index in [2.05, 4.69) is 38.5 Å². The number of nitrogens with one attached hydrogen (secondary N) is 1. The number of hydrogen-bond donors (Lipinski definition) is 1. The van der Waals surface area contributed by atoms with Gasteiger partial charge in [0.2, 0.25) is 0 Å². The van der Waals surface area contributed by atoms with Crippen molar-refractivity contribution in [3.63, 3.8) is 0 Å². The lowest BCUT2D eigenvalue weighted by Gasteiger charge is -2.02. The minimum Gasteiger partial charge on any atom is -0.296 e. The fourth-order valence-electron chi connectivity index (χ4n) is 2.77. The summed E-state index contributed by atoms with van der Waals surface area (Å²) in [6, 6.07) is 6.51. The zero-order chi connectivity index (χ0) is 15.6. The molecule has 5 nitrogen and oxygen atoms in total. The molecule has 1 aliphatic carbocycles. The highest BCUT2D eigenvalue weighted by molar-refractivity contribution is 7.14. The molecular formula is C17H14N4OS. The average molecular weight is 322 g/mol. The molecule has 0 bridgehead atoms. The van der Waals surface area contributed by atoms with Gasteiger partial charge in [-0.2, -0.15) is 0 Å². The lowest BCUT2D eigenvalue weighted by Crippen LogP contribution is -2.13. The first-order valence-corrected chi connectivity index (χ1v) is 8.32. The van der Waals surface area contributed by atoms with Gasteiger partial charge in [0.1, 0.15) is 5.69 Å². The quantitative estimate of drug-likeness (QED) is 0.803. The summed E-state index contributed by atoms with van der Waals surface area (Å²) in [6.07, 6.45) is 8.01. The van der Waals surface area contributed by atoms with E-state index in [1.54, 1.807) is 0 Å². The summed E-state index contributed by atoms with van der Waals surface area (Å²) in [6.45, 7) is 0. The Kier molecular flexibility index (Phi) is 3.59. The second kappa shape index (κ2) is 5.89. The van der Waals surface area contributed by atoms with Crippen LogP contribution < -0.4 is 5.32 Å². The number of aromatic nitrogens is 3. The van der Waals surface area contributed by atoms with Crippen LogP contribution in [0.15, 0.2) is 42.2 Å². The third-order valence-corrected chi connectivity index (χ3v) is 4.67. The van der Waals surface area contributed by atoms with Crippen LogP contribution in [0.4, 0.5) is 5.13 Å². The lowest BCUT2D eigenvalue weighted by molar-refractivity contribution is 0.102. The zero-order valence-corrected chi connectivity index (χ0v) is 13.1. The molecule has 0 saturated heterocycles. The molecular weight excluding hydrogens is 308 g/mol. The molecule has 1 amide bonds. The molecule has 23 heavy (non-hydrogen) atoms. The van der Waals surface area contributed by atoms with Crippen molar-refractivity contribution >= 4 is 22.4 Å². The Morgan fingerprint density at radius 2 is 2.09 bits per heavy atom. The molecule has 2 aromatic heterocycles. The number of carbonyl (C=O) groups excluding carboxylic acids is 1. The number of anilines is 1. The summed E-state index contributed by atoms with van der Waals surface area (Å²) in [5.41, 5.74) is 5.13. The SMILES string of the molecule is O=C(Nc1nc(-c2ccc3c(c2)CCC3)cs1)c1cnccn1. The van der Waals surface area contributed by atoms with Crippen LogP contribution in [0.5, 0.6) is 0 Å². The summed E-state index contributed by atoms with van der Waals surface area (Å²) < 4.78 is 0. The molecule has 4 rings (SSSR count). The van der Waals surface area contributed by atoms with Crippen molar-refractivity contribution in [1.82, 2.24) is 15.0 Å². The van der Waals surface area contributed by atoms with E-state index in [1.807, 2.05) is 5.38 Å². The van der Waals surface area contributed by atoms with Crippen molar-refractivity contribution in [1.29, 1.82) is 0 Å². The van der Waals surface area contributed by atoms with Gasteiger partial charge >= 0.3 is 0 Å². The highest BCUT2D eigenvalue weighted by Crippen LogP contribution is 2.30. The van der Waals surface area contributed by atoms with E-state index in [4.69, 9.17) is 0 Å². The maximum atomic E-state index is 12.1. The summed E-state index contributed by atoms with van der Waals surface area (Å²) in [5.74, 6) is -0.298. The van der Waals surface area contributed by atoms with Gasteiger partial charge < -0.3 is 0 Å². The number of fused-ring (bicyclic) bond motifs is 1. The minimum absolute atomic E-state index is 0.279. The molecule has 6 heteroatoms. The molecule has 0 fully saturated rings. The minimum atomic E-state index is -0.298. The molecule has 0 spiro atoms. The Labute approximate surface area is 137 Å². The first kappa shape index (κ1) is 14.0. The van der Waals surface area contributed by atoms with Gasteiger partial charge in [0.25, 0.3) is 5.91 Å². The van der Waals surface area contributed by atoms with E-state index in [1.165, 1.54) is 53.9 Å². The number of nitrogens with zero attached hydrogens (tertiary/aromatic N) is 3. The highest BCUT2D eigenvalue weighted by Gasteiger charge is 2.14. The molecule has 1 aliphatic rings. The maximum Gasteiger partial charge on any atom is 0.277 e. The molecule has 0 radical (unpaired) electrons. The molecule has 114 valence electrons. The molecule has 0 aliphatic heterocycles. The largest absolute Gasteiger partial charge is 0.296 e. The Morgan fingerprint density at radius 3 is 2.96 bits per heavy atom. The number of carbonyl (C=O) groups is 1. The summed E-state index contributed by atoms with van der Waals surface area (Å²) >= 11 is 1.41. The molecule has 2 heterocycles. The molecule has 0 atom stereocenters. The maximum absolute atomic E-state index is 12.1. The predicted molar refractivity (Wildman–Crippen MR) is 89.6 cm³/mol. The number of amides is 1. The number of hydrogen-bond acceptors (Lipinski definition) is 5. The van der Waals surface area contributed by atoms with Gasteiger partial charge in [-0.15, -0.1) is 11.3 Å². The zero-order valence-electron chi connectivity index (χ0n) is 12.3. The van der Waals surface area contributed by atoms with E-state index in [9.17, 15) is 4.79 Å². The second-order valence-corrected chi connectivity index (χ2v) is 6.28. The van der Waals surface area contributed by atoms with E-state index in [-0.39, 0.29) is 11.6 Å². The van der Waals surface area contributed by atoms with Gasteiger partial charge in [0.15, 0.2) is 5.13 Å². The van der Waals surface area contributed by atoms with Crippen molar-refractivity contribution < 1.29 is 4.79 Å². The fraction of sp³-hybridized carbons (Fsp3) is 0.176. The van der Waals surface area contributed by atoms with Crippen LogP contribution in [0.1, 0.15) is 28.0 Å². The van der Waals surface area contributed by atoms with Crippen molar-refractivity contribution in [3.8, 4) is 11.3 Å². The van der Waals surface area contributed by atoms with Crippen LogP contribution >= 0.6 is 11.3 Å². The van der Waals surface area contributed by atoms with Gasteiger partial charge in [0.05, 0.1) is 11.9 Å². The normalized spacial score (nSPS) is 12.9. The number of aryl methyl sites for hydroxylation is 2. The fourth-order valence-corrected chi connectivity index (χ4v) is 3.49. The Morgan fingerprint density at radius 1 is 1.17 bits per heavy atom. The second-order valence-electron chi connectivity index (χ2n) is 5.42. The van der Waals surface area contributed by atoms with E-state index < -0.39 is 0 Å². The number of rotatable bonds is 3. The van der Waals surface area contributed by atoms with Crippen molar-refractivity contribution in [2.45, 2.75) is 19.3 Å². The van der Waals surface area contributed by atoms with Crippen molar-refractivity contribution in [2.75, 3.05) is 5.32 Å². The summed E-state index contributed by atoms with van der Waals surface area (Å²) in [7, 11) is 0. The van der Waals surface area contributed by atoms with E-state index in [0.29, 0.717) is 5.13 Å². The van der Waals surface area contributed by atoms with Crippen molar-refractivity contribution in [2.24, 2.45) is 0 Å². The number of thiazole rings is 1. The Bertz CT molecular complexity index is 860. The summed E-state index contributed by atoms with van der Waals surface area (Å²) in [5, 5.41) is 5.29. The molecule has 1 N–H and O–H groups in total. The van der Waals surface area contributed by atoms with Crippen LogP contribution in [-0.2, 0) is 12.8 Å². The first-order chi connectivity index (χ1) is 11.3. The third-order valence-electron chi connectivity index (χ3n) is 3.91. The standard InChI is InChI=1S/C17H14N4OS/c22-16(14-9-18-6-7-19-14)21-17-20-15(10-23-17)13-5-4-11-2-1-3-12(11)8-13/h4-10H,1-3H2,(H,20,21,22). The van der Waals surface area contributed by atoms with E-state index in [0.717, 1.165) is 17.7 Å². The lowest BCUT2D eigenvalue weighted by atomic mass is 10.1. The van der Waals surface area contributed by atoms with Crippen LogP contribution in [-0.4, -0.2) is 20.9 Å². The van der Waals surface area contributed by atoms with Gasteiger partial charge in [-0.25, -0.2) is 9.97 Å². The Hall–Kier alpha value is -2.60. The van der Waals surface area contributed by atoms with Crippen molar-refractivity contribution in [3.05, 3.63) is 59.0 Å². The smallest absolute Gasteiger partial charge is 0.277 e. The van der Waals surface area contributed by atoms with Crippen LogP contribution in [0.2, 0.25) is 0 Å². The Balaban J connectivity index is 1.54. The first-order valence-electron chi connectivity index (χ1n) is 7.45. The van der Waals surface area contributed by atoms with Gasteiger partial charge in [-0.05, 0) is 36.5 Å². The molecule has 3 aromatic rings. The monoisotopic (exact) mass is 322 g/mol. The topological polar surface area (TPSA) is 67.8 Å². The molecule has 1 aromatic carbocycles. The van der Waals surface area contributed by atoms with Crippen LogP contribution in [0, 0.1) is 0 Å². The summed E-state index contributed by atoms with van der Waals surface area (Å²) in [4.78, 5) is 24.5.